The lowest BCUT2D eigenvalue weighted by molar-refractivity contribution is 0.205. The molecule has 170 valence electrons. The molecule has 1 atom stereocenters. The van der Waals surface area contributed by atoms with Crippen LogP contribution in [0.15, 0.2) is 58.3 Å². The standard InChI is InChI=1S/C26H30N6O/c33-26-22-3-1-2-4-23(22)29-25(30-26)19-9-14-32(17-19)21-10-15-31(16-11-21)20-7-5-18(6-8-20)24-27-12-13-28-24/h1-8,19,21H,9-17H2,(H,27,28)(H,29,30,33). The number of amidine groups is 1. The number of hydrogen-bond acceptors (Lipinski definition) is 6. The Balaban J connectivity index is 1.07. The Kier molecular flexibility index (Phi) is 5.34. The maximum atomic E-state index is 12.5. The van der Waals surface area contributed by atoms with Crippen molar-refractivity contribution < 1.29 is 0 Å². The molecule has 2 aromatic carbocycles. The smallest absolute Gasteiger partial charge is 0.258 e. The summed E-state index contributed by atoms with van der Waals surface area (Å²) in [6.45, 7) is 6.03. The van der Waals surface area contributed by atoms with Gasteiger partial charge in [0.15, 0.2) is 0 Å². The summed E-state index contributed by atoms with van der Waals surface area (Å²) in [4.78, 5) is 29.9. The normalized spacial score (nSPS) is 22.0. The molecule has 2 fully saturated rings. The van der Waals surface area contributed by atoms with Crippen LogP contribution < -0.4 is 15.8 Å². The van der Waals surface area contributed by atoms with Gasteiger partial charge >= 0.3 is 0 Å². The average molecular weight is 443 g/mol. The number of piperidine rings is 1. The summed E-state index contributed by atoms with van der Waals surface area (Å²) in [5.74, 6) is 2.17. The minimum absolute atomic E-state index is 0.0239. The fraction of sp³-hybridized carbons (Fsp3) is 0.423. The number of aromatic amines is 1. The highest BCUT2D eigenvalue weighted by Crippen LogP contribution is 2.30. The number of nitrogens with one attached hydrogen (secondary N) is 2. The van der Waals surface area contributed by atoms with Gasteiger partial charge in [-0.2, -0.15) is 0 Å². The molecular formula is C26H30N6O. The molecule has 0 saturated carbocycles. The van der Waals surface area contributed by atoms with Crippen molar-refractivity contribution in [1.29, 1.82) is 0 Å². The second-order valence-corrected chi connectivity index (χ2v) is 9.37. The fourth-order valence-corrected chi connectivity index (χ4v) is 5.55. The van der Waals surface area contributed by atoms with Crippen LogP contribution in [0.4, 0.5) is 5.69 Å². The number of fused-ring (bicyclic) bond motifs is 1. The molecule has 0 radical (unpaired) electrons. The number of aliphatic imine (C=N–C) groups is 1. The second-order valence-electron chi connectivity index (χ2n) is 9.37. The molecule has 4 heterocycles. The van der Waals surface area contributed by atoms with E-state index < -0.39 is 0 Å². The van der Waals surface area contributed by atoms with Crippen molar-refractivity contribution in [3.8, 4) is 0 Å². The van der Waals surface area contributed by atoms with Gasteiger partial charge in [0.05, 0.1) is 17.4 Å². The Hall–Kier alpha value is -3.19. The molecule has 1 aromatic heterocycles. The zero-order chi connectivity index (χ0) is 22.2. The van der Waals surface area contributed by atoms with Gasteiger partial charge in [-0.25, -0.2) is 4.98 Å². The Morgan fingerprint density at radius 1 is 0.939 bits per heavy atom. The average Bonchev–Trinajstić information content (AvgIpc) is 3.57. The second kappa shape index (κ2) is 8.63. The van der Waals surface area contributed by atoms with Gasteiger partial charge in [-0.3, -0.25) is 14.7 Å². The zero-order valence-electron chi connectivity index (χ0n) is 18.8. The van der Waals surface area contributed by atoms with Gasteiger partial charge in [0.1, 0.15) is 11.7 Å². The summed E-state index contributed by atoms with van der Waals surface area (Å²) in [6.07, 6.45) is 3.40. The van der Waals surface area contributed by atoms with Crippen LogP contribution in [0.1, 0.15) is 36.6 Å². The van der Waals surface area contributed by atoms with E-state index in [1.54, 1.807) is 0 Å². The first-order valence-electron chi connectivity index (χ1n) is 12.1. The molecule has 0 bridgehead atoms. The Bertz CT molecular complexity index is 1230. The van der Waals surface area contributed by atoms with Crippen LogP contribution in [0.2, 0.25) is 0 Å². The van der Waals surface area contributed by atoms with Crippen LogP contribution in [0, 0.1) is 0 Å². The number of nitrogens with zero attached hydrogens (tertiary/aromatic N) is 4. The Morgan fingerprint density at radius 2 is 1.76 bits per heavy atom. The largest absolute Gasteiger partial charge is 0.371 e. The molecule has 1 unspecified atom stereocenters. The quantitative estimate of drug-likeness (QED) is 0.650. The van der Waals surface area contributed by atoms with Gasteiger partial charge in [-0.15, -0.1) is 0 Å². The van der Waals surface area contributed by atoms with Gasteiger partial charge in [-0.05, 0) is 62.2 Å². The highest BCUT2D eigenvalue weighted by Gasteiger charge is 2.32. The van der Waals surface area contributed by atoms with Gasteiger partial charge < -0.3 is 15.2 Å². The number of anilines is 1. The number of H-pyrrole nitrogens is 1. The molecule has 3 aliphatic rings. The highest BCUT2D eigenvalue weighted by atomic mass is 16.1. The SMILES string of the molecule is O=c1[nH]c(C2CCN(C3CCN(c4ccc(C5=NCCN5)cc4)CC3)C2)nc2ccccc12. The third kappa shape index (κ3) is 4.02. The summed E-state index contributed by atoms with van der Waals surface area (Å²) in [6, 6.07) is 17.0. The van der Waals surface area contributed by atoms with Crippen molar-refractivity contribution in [3.05, 3.63) is 70.3 Å². The van der Waals surface area contributed by atoms with Crippen molar-refractivity contribution in [3.63, 3.8) is 0 Å². The van der Waals surface area contributed by atoms with Crippen molar-refractivity contribution >= 4 is 22.4 Å². The van der Waals surface area contributed by atoms with E-state index in [0.717, 1.165) is 62.9 Å². The van der Waals surface area contributed by atoms with E-state index >= 15 is 0 Å². The molecule has 2 saturated heterocycles. The molecule has 0 aliphatic carbocycles. The summed E-state index contributed by atoms with van der Waals surface area (Å²) in [5.41, 5.74) is 3.25. The summed E-state index contributed by atoms with van der Waals surface area (Å²) in [5, 5.41) is 4.01. The number of benzene rings is 2. The highest BCUT2D eigenvalue weighted by molar-refractivity contribution is 6.00. The number of hydrogen-bond donors (Lipinski definition) is 2. The molecule has 6 rings (SSSR count). The number of rotatable bonds is 4. The van der Waals surface area contributed by atoms with E-state index in [1.807, 2.05) is 24.3 Å². The van der Waals surface area contributed by atoms with Crippen LogP contribution in [0.5, 0.6) is 0 Å². The van der Waals surface area contributed by atoms with E-state index in [2.05, 4.69) is 49.4 Å². The maximum absolute atomic E-state index is 12.5. The van der Waals surface area contributed by atoms with Gasteiger partial charge in [0.2, 0.25) is 0 Å². The summed E-state index contributed by atoms with van der Waals surface area (Å²) >= 11 is 0. The third-order valence-corrected chi connectivity index (χ3v) is 7.40. The maximum Gasteiger partial charge on any atom is 0.258 e. The van der Waals surface area contributed by atoms with Crippen molar-refractivity contribution in [2.45, 2.75) is 31.2 Å². The lowest BCUT2D eigenvalue weighted by Gasteiger charge is -2.38. The fourth-order valence-electron chi connectivity index (χ4n) is 5.55. The first-order valence-corrected chi connectivity index (χ1v) is 12.1. The monoisotopic (exact) mass is 442 g/mol. The summed E-state index contributed by atoms with van der Waals surface area (Å²) < 4.78 is 0. The first-order chi connectivity index (χ1) is 16.2. The predicted octanol–water partition coefficient (Wildman–Crippen LogP) is 2.73. The lowest BCUT2D eigenvalue weighted by Crippen LogP contribution is -2.44. The molecule has 7 nitrogen and oxygen atoms in total. The lowest BCUT2D eigenvalue weighted by atomic mass is 10.0. The van der Waals surface area contributed by atoms with Gasteiger partial charge in [-0.1, -0.05) is 12.1 Å². The molecule has 0 spiro atoms. The number of likely N-dealkylation sites (tertiary alicyclic amines) is 1. The van der Waals surface area contributed by atoms with Crippen LogP contribution in [0.25, 0.3) is 10.9 Å². The van der Waals surface area contributed by atoms with E-state index in [4.69, 9.17) is 4.98 Å². The first kappa shape index (κ1) is 20.4. The molecule has 0 amide bonds. The Morgan fingerprint density at radius 3 is 2.55 bits per heavy atom. The van der Waals surface area contributed by atoms with Crippen LogP contribution in [-0.2, 0) is 0 Å². The van der Waals surface area contributed by atoms with E-state index in [-0.39, 0.29) is 5.56 Å². The van der Waals surface area contributed by atoms with Crippen molar-refractivity contribution in [2.24, 2.45) is 4.99 Å². The topological polar surface area (TPSA) is 76.6 Å². The van der Waals surface area contributed by atoms with E-state index in [9.17, 15) is 4.79 Å². The molecule has 7 heteroatoms. The van der Waals surface area contributed by atoms with E-state index in [0.29, 0.717) is 17.3 Å². The molecule has 3 aromatic rings. The van der Waals surface area contributed by atoms with Crippen molar-refractivity contribution in [1.82, 2.24) is 20.2 Å². The minimum atomic E-state index is -0.0239. The van der Waals surface area contributed by atoms with Crippen LogP contribution in [-0.4, -0.2) is 66.0 Å². The van der Waals surface area contributed by atoms with Crippen LogP contribution in [0.3, 0.4) is 0 Å². The van der Waals surface area contributed by atoms with Gasteiger partial charge in [0.25, 0.3) is 5.56 Å². The van der Waals surface area contributed by atoms with E-state index in [1.165, 1.54) is 24.1 Å². The molecule has 3 aliphatic heterocycles. The molecular weight excluding hydrogens is 412 g/mol. The van der Waals surface area contributed by atoms with Crippen LogP contribution >= 0.6 is 0 Å². The zero-order valence-corrected chi connectivity index (χ0v) is 18.8. The Labute approximate surface area is 193 Å². The minimum Gasteiger partial charge on any atom is -0.371 e. The van der Waals surface area contributed by atoms with Crippen molar-refractivity contribution in [2.75, 3.05) is 44.2 Å². The third-order valence-electron chi connectivity index (χ3n) is 7.40. The summed E-state index contributed by atoms with van der Waals surface area (Å²) in [7, 11) is 0. The van der Waals surface area contributed by atoms with Gasteiger partial charge in [0, 0.05) is 49.4 Å². The molecule has 2 N–H and O–H groups in total. The number of para-hydroxylation sites is 1. The molecule has 33 heavy (non-hydrogen) atoms. The predicted molar refractivity (Wildman–Crippen MR) is 132 cm³/mol. The number of aromatic nitrogens is 2.